The van der Waals surface area contributed by atoms with E-state index in [9.17, 15) is 4.79 Å². The van der Waals surface area contributed by atoms with Crippen LogP contribution in [0.4, 0.5) is 0 Å². The molecule has 0 N–H and O–H groups in total. The summed E-state index contributed by atoms with van der Waals surface area (Å²) in [4.78, 5) is 11.1. The van der Waals surface area contributed by atoms with Gasteiger partial charge in [0.05, 0.1) is 13.2 Å². The standard InChI is InChI=1S/C15H22O3/c1-2-18-15(16)11-7-4-8-12-17-13-14-9-5-3-6-10-14/h3,5-6,9-10H,2,4,7-8,11-13H2,1H3. The van der Waals surface area contributed by atoms with Crippen molar-refractivity contribution in [3.63, 3.8) is 0 Å². The number of rotatable bonds is 9. The zero-order valence-electron chi connectivity index (χ0n) is 11.1. The molecule has 0 saturated carbocycles. The minimum Gasteiger partial charge on any atom is -0.466 e. The van der Waals surface area contributed by atoms with E-state index >= 15 is 0 Å². The molecule has 1 aromatic rings. The highest BCUT2D eigenvalue weighted by Crippen LogP contribution is 2.04. The average Bonchev–Trinajstić information content (AvgIpc) is 2.39. The van der Waals surface area contributed by atoms with Gasteiger partial charge in [0.1, 0.15) is 0 Å². The van der Waals surface area contributed by atoms with Crippen LogP contribution >= 0.6 is 0 Å². The average molecular weight is 250 g/mol. The number of hydrogen-bond acceptors (Lipinski definition) is 3. The van der Waals surface area contributed by atoms with Crippen LogP contribution < -0.4 is 0 Å². The molecule has 0 aliphatic carbocycles. The molecule has 0 fully saturated rings. The summed E-state index contributed by atoms with van der Waals surface area (Å²) in [6.45, 7) is 3.71. The summed E-state index contributed by atoms with van der Waals surface area (Å²) in [6.07, 6.45) is 3.40. The molecule has 0 spiro atoms. The Balaban J connectivity index is 1.92. The first-order valence-corrected chi connectivity index (χ1v) is 6.60. The Kier molecular flexibility index (Phi) is 7.89. The summed E-state index contributed by atoms with van der Waals surface area (Å²) in [5.74, 6) is -0.0947. The Morgan fingerprint density at radius 3 is 2.61 bits per heavy atom. The van der Waals surface area contributed by atoms with Gasteiger partial charge in [-0.3, -0.25) is 4.79 Å². The molecule has 3 heteroatoms. The van der Waals surface area contributed by atoms with Crippen molar-refractivity contribution in [2.75, 3.05) is 13.2 Å². The van der Waals surface area contributed by atoms with Crippen molar-refractivity contribution in [3.8, 4) is 0 Å². The van der Waals surface area contributed by atoms with Crippen molar-refractivity contribution in [2.45, 2.75) is 39.2 Å². The predicted octanol–water partition coefficient (Wildman–Crippen LogP) is 3.33. The molecule has 0 radical (unpaired) electrons. The molecule has 0 aliphatic rings. The molecule has 3 nitrogen and oxygen atoms in total. The fraction of sp³-hybridized carbons (Fsp3) is 0.533. The van der Waals surface area contributed by atoms with Crippen LogP contribution in [0.1, 0.15) is 38.2 Å². The van der Waals surface area contributed by atoms with Gasteiger partial charge >= 0.3 is 5.97 Å². The highest BCUT2D eigenvalue weighted by atomic mass is 16.5. The third-order valence-electron chi connectivity index (χ3n) is 2.59. The van der Waals surface area contributed by atoms with Crippen LogP contribution in [0.2, 0.25) is 0 Å². The zero-order chi connectivity index (χ0) is 13.1. The summed E-state index contributed by atoms with van der Waals surface area (Å²) in [5.41, 5.74) is 1.20. The van der Waals surface area contributed by atoms with E-state index in [0.29, 0.717) is 19.6 Å². The Morgan fingerprint density at radius 2 is 1.89 bits per heavy atom. The second-order valence-electron chi connectivity index (χ2n) is 4.15. The van der Waals surface area contributed by atoms with Crippen LogP contribution in [-0.2, 0) is 20.9 Å². The third-order valence-corrected chi connectivity index (χ3v) is 2.59. The number of ether oxygens (including phenoxy) is 2. The maximum atomic E-state index is 11.1. The molecule has 0 amide bonds. The van der Waals surface area contributed by atoms with Gasteiger partial charge in [0, 0.05) is 13.0 Å². The number of esters is 1. The van der Waals surface area contributed by atoms with Crippen LogP contribution in [-0.4, -0.2) is 19.2 Å². The monoisotopic (exact) mass is 250 g/mol. The molecule has 18 heavy (non-hydrogen) atoms. The first-order valence-electron chi connectivity index (χ1n) is 6.60. The molecular weight excluding hydrogens is 228 g/mol. The van der Waals surface area contributed by atoms with Gasteiger partial charge in [0.15, 0.2) is 0 Å². The molecule has 1 aromatic carbocycles. The van der Waals surface area contributed by atoms with Crippen molar-refractivity contribution in [2.24, 2.45) is 0 Å². The van der Waals surface area contributed by atoms with Gasteiger partial charge in [-0.1, -0.05) is 36.8 Å². The lowest BCUT2D eigenvalue weighted by Crippen LogP contribution is -2.03. The largest absolute Gasteiger partial charge is 0.466 e. The Morgan fingerprint density at radius 1 is 1.11 bits per heavy atom. The lowest BCUT2D eigenvalue weighted by Gasteiger charge is -2.04. The van der Waals surface area contributed by atoms with Crippen LogP contribution in [0.15, 0.2) is 30.3 Å². The number of carbonyl (C=O) groups excluding carboxylic acids is 1. The van der Waals surface area contributed by atoms with Gasteiger partial charge in [-0.15, -0.1) is 0 Å². The third kappa shape index (κ3) is 7.07. The summed E-state index contributed by atoms with van der Waals surface area (Å²) in [5, 5.41) is 0. The van der Waals surface area contributed by atoms with Gasteiger partial charge in [0.2, 0.25) is 0 Å². The second kappa shape index (κ2) is 9.66. The van der Waals surface area contributed by atoms with E-state index in [2.05, 4.69) is 12.1 Å². The molecule has 0 aromatic heterocycles. The fourth-order valence-corrected chi connectivity index (χ4v) is 1.65. The second-order valence-corrected chi connectivity index (χ2v) is 4.15. The first kappa shape index (κ1) is 14.7. The molecular formula is C15H22O3. The number of carbonyl (C=O) groups is 1. The molecule has 100 valence electrons. The van der Waals surface area contributed by atoms with Crippen LogP contribution in [0.3, 0.4) is 0 Å². The highest BCUT2D eigenvalue weighted by molar-refractivity contribution is 5.69. The van der Waals surface area contributed by atoms with Gasteiger partial charge < -0.3 is 9.47 Å². The topological polar surface area (TPSA) is 35.5 Å². The van der Waals surface area contributed by atoms with E-state index < -0.39 is 0 Å². The van der Waals surface area contributed by atoms with Crippen molar-refractivity contribution in [1.82, 2.24) is 0 Å². The van der Waals surface area contributed by atoms with Crippen molar-refractivity contribution in [3.05, 3.63) is 35.9 Å². The molecule has 0 unspecified atom stereocenters. The molecule has 1 rings (SSSR count). The minimum atomic E-state index is -0.0947. The minimum absolute atomic E-state index is 0.0947. The number of benzene rings is 1. The zero-order valence-corrected chi connectivity index (χ0v) is 11.1. The molecule has 0 bridgehead atoms. The van der Waals surface area contributed by atoms with Crippen molar-refractivity contribution in [1.29, 1.82) is 0 Å². The van der Waals surface area contributed by atoms with E-state index in [-0.39, 0.29) is 5.97 Å². The summed E-state index contributed by atoms with van der Waals surface area (Å²) in [7, 11) is 0. The van der Waals surface area contributed by atoms with Crippen molar-refractivity contribution >= 4 is 5.97 Å². The van der Waals surface area contributed by atoms with Crippen LogP contribution in [0, 0.1) is 0 Å². The van der Waals surface area contributed by atoms with Gasteiger partial charge in [-0.2, -0.15) is 0 Å². The normalized spacial score (nSPS) is 10.3. The highest BCUT2D eigenvalue weighted by Gasteiger charge is 2.00. The van der Waals surface area contributed by atoms with Crippen LogP contribution in [0.5, 0.6) is 0 Å². The fourth-order valence-electron chi connectivity index (χ4n) is 1.65. The molecule has 0 heterocycles. The van der Waals surface area contributed by atoms with Crippen molar-refractivity contribution < 1.29 is 14.3 Å². The van der Waals surface area contributed by atoms with Gasteiger partial charge in [0.25, 0.3) is 0 Å². The SMILES string of the molecule is CCOC(=O)CCCCCOCc1ccccc1. The van der Waals surface area contributed by atoms with E-state index in [1.807, 2.05) is 25.1 Å². The molecule has 0 saturated heterocycles. The Labute approximate surface area is 109 Å². The Bertz CT molecular complexity index is 322. The van der Waals surface area contributed by atoms with E-state index in [1.54, 1.807) is 0 Å². The first-order chi connectivity index (χ1) is 8.83. The maximum absolute atomic E-state index is 11.1. The summed E-state index contributed by atoms with van der Waals surface area (Å²) in [6, 6.07) is 10.1. The van der Waals surface area contributed by atoms with Crippen LogP contribution in [0.25, 0.3) is 0 Å². The number of hydrogen-bond donors (Lipinski definition) is 0. The lowest BCUT2D eigenvalue weighted by molar-refractivity contribution is -0.143. The van der Waals surface area contributed by atoms with Gasteiger partial charge in [-0.25, -0.2) is 0 Å². The van der Waals surface area contributed by atoms with E-state index in [4.69, 9.17) is 9.47 Å². The maximum Gasteiger partial charge on any atom is 0.305 e. The van der Waals surface area contributed by atoms with Gasteiger partial charge in [-0.05, 0) is 25.3 Å². The quantitative estimate of drug-likeness (QED) is 0.498. The number of unbranched alkanes of at least 4 members (excludes halogenated alkanes) is 2. The predicted molar refractivity (Wildman–Crippen MR) is 71.2 cm³/mol. The summed E-state index contributed by atoms with van der Waals surface area (Å²) < 4.78 is 10.4. The Hall–Kier alpha value is -1.35. The smallest absolute Gasteiger partial charge is 0.305 e. The van der Waals surface area contributed by atoms with E-state index in [1.165, 1.54) is 5.56 Å². The molecule has 0 atom stereocenters. The lowest BCUT2D eigenvalue weighted by atomic mass is 10.2. The van der Waals surface area contributed by atoms with E-state index in [0.717, 1.165) is 25.9 Å². The summed E-state index contributed by atoms with van der Waals surface area (Å²) >= 11 is 0. The molecule has 0 aliphatic heterocycles.